The van der Waals surface area contributed by atoms with Crippen LogP contribution in [0.5, 0.6) is 0 Å². The minimum atomic E-state index is 0.687. The minimum Gasteiger partial charge on any atom is -0.379 e. The fraction of sp³-hybridized carbons (Fsp3) is 0.294. The van der Waals surface area contributed by atoms with Crippen LogP contribution < -0.4 is 5.32 Å². The Balaban J connectivity index is 1.59. The molecule has 6 nitrogen and oxygen atoms in total. The van der Waals surface area contributed by atoms with E-state index in [1.807, 2.05) is 24.3 Å². The second kappa shape index (κ2) is 6.76. The molecule has 2 N–H and O–H groups in total. The van der Waals surface area contributed by atoms with Crippen molar-refractivity contribution < 1.29 is 4.74 Å². The molecule has 0 aliphatic carbocycles. The Morgan fingerprint density at radius 1 is 1.21 bits per heavy atom. The predicted octanol–water partition coefficient (Wildman–Crippen LogP) is 3.19. The molecule has 2 aromatic heterocycles. The molecule has 3 aromatic rings. The van der Waals surface area contributed by atoms with E-state index in [0.29, 0.717) is 5.02 Å². The number of aromatic nitrogens is 3. The third kappa shape index (κ3) is 3.36. The van der Waals surface area contributed by atoms with Gasteiger partial charge < -0.3 is 15.0 Å². The lowest BCUT2D eigenvalue weighted by atomic mass is 10.3. The van der Waals surface area contributed by atoms with Gasteiger partial charge in [0.25, 0.3) is 0 Å². The number of halogens is 1. The third-order valence-electron chi connectivity index (χ3n) is 4.07. The molecule has 1 saturated heterocycles. The lowest BCUT2D eigenvalue weighted by Gasteiger charge is -2.25. The zero-order valence-electron chi connectivity index (χ0n) is 13.1. The molecule has 0 unspecified atom stereocenters. The quantitative estimate of drug-likeness (QED) is 0.761. The van der Waals surface area contributed by atoms with Gasteiger partial charge in [-0.15, -0.1) is 0 Å². The number of benzene rings is 1. The van der Waals surface area contributed by atoms with Crippen molar-refractivity contribution >= 4 is 34.1 Å². The van der Waals surface area contributed by atoms with Crippen LogP contribution in [0.1, 0.15) is 5.69 Å². The van der Waals surface area contributed by atoms with E-state index in [1.54, 1.807) is 6.33 Å². The number of morpholine rings is 1. The van der Waals surface area contributed by atoms with E-state index < -0.39 is 0 Å². The van der Waals surface area contributed by atoms with Crippen LogP contribution in [-0.2, 0) is 11.3 Å². The van der Waals surface area contributed by atoms with Crippen molar-refractivity contribution in [2.45, 2.75) is 6.54 Å². The fourth-order valence-corrected chi connectivity index (χ4v) is 3.07. The average Bonchev–Trinajstić information content (AvgIpc) is 2.99. The molecule has 3 heterocycles. The molecule has 4 rings (SSSR count). The molecule has 0 atom stereocenters. The first-order valence-corrected chi connectivity index (χ1v) is 8.31. The van der Waals surface area contributed by atoms with Crippen LogP contribution in [0.25, 0.3) is 11.0 Å². The van der Waals surface area contributed by atoms with Gasteiger partial charge >= 0.3 is 0 Å². The zero-order chi connectivity index (χ0) is 16.4. The second-order valence-electron chi connectivity index (χ2n) is 5.80. The summed E-state index contributed by atoms with van der Waals surface area (Å²) in [6.07, 6.45) is 1.56. The smallest absolute Gasteiger partial charge is 0.143 e. The Bertz CT molecular complexity index is 844. The SMILES string of the molecule is Clc1cccc(Nc2ncnc3[nH]c(CN4CCOCC4)cc23)c1. The number of rotatable bonds is 4. The van der Waals surface area contributed by atoms with Crippen LogP contribution >= 0.6 is 11.6 Å². The minimum absolute atomic E-state index is 0.687. The van der Waals surface area contributed by atoms with Crippen LogP contribution in [0.2, 0.25) is 5.02 Å². The summed E-state index contributed by atoms with van der Waals surface area (Å²) in [5.74, 6) is 0.770. The zero-order valence-corrected chi connectivity index (χ0v) is 13.9. The van der Waals surface area contributed by atoms with Crippen LogP contribution in [-0.4, -0.2) is 46.2 Å². The number of hydrogen-bond donors (Lipinski definition) is 2. The Hall–Kier alpha value is -2.15. The topological polar surface area (TPSA) is 66.1 Å². The molecule has 124 valence electrons. The summed E-state index contributed by atoms with van der Waals surface area (Å²) in [7, 11) is 0. The van der Waals surface area contributed by atoms with Gasteiger partial charge in [0.05, 0.1) is 18.6 Å². The molecule has 1 aromatic carbocycles. The molecule has 0 spiro atoms. The predicted molar refractivity (Wildman–Crippen MR) is 94.7 cm³/mol. The average molecular weight is 344 g/mol. The summed E-state index contributed by atoms with van der Waals surface area (Å²) in [5, 5.41) is 4.98. The van der Waals surface area contributed by atoms with E-state index in [0.717, 1.165) is 61.1 Å². The fourth-order valence-electron chi connectivity index (χ4n) is 2.88. The first-order valence-electron chi connectivity index (χ1n) is 7.93. The number of nitrogens with zero attached hydrogens (tertiary/aromatic N) is 3. The number of H-pyrrole nitrogens is 1. The van der Waals surface area contributed by atoms with Crippen LogP contribution in [0.4, 0.5) is 11.5 Å². The van der Waals surface area contributed by atoms with E-state index in [9.17, 15) is 0 Å². The maximum atomic E-state index is 6.05. The van der Waals surface area contributed by atoms with Crippen LogP contribution in [0, 0.1) is 0 Å². The molecule has 1 aliphatic rings. The number of fused-ring (bicyclic) bond motifs is 1. The van der Waals surface area contributed by atoms with Crippen molar-refractivity contribution in [2.75, 3.05) is 31.6 Å². The number of hydrogen-bond acceptors (Lipinski definition) is 5. The molecule has 24 heavy (non-hydrogen) atoms. The second-order valence-corrected chi connectivity index (χ2v) is 6.24. The van der Waals surface area contributed by atoms with Gasteiger partial charge in [0.15, 0.2) is 0 Å². The standard InChI is InChI=1S/C17H18ClN5O/c18-12-2-1-3-13(8-12)21-16-15-9-14(22-17(15)20-11-19-16)10-23-4-6-24-7-5-23/h1-3,8-9,11H,4-7,10H2,(H2,19,20,21,22). The number of nitrogens with one attached hydrogen (secondary N) is 2. The van der Waals surface area contributed by atoms with Crippen LogP contribution in [0.15, 0.2) is 36.7 Å². The maximum absolute atomic E-state index is 6.05. The van der Waals surface area contributed by atoms with Gasteiger partial charge in [0.2, 0.25) is 0 Å². The van der Waals surface area contributed by atoms with E-state index in [2.05, 4.69) is 31.2 Å². The molecule has 0 radical (unpaired) electrons. The molecule has 0 saturated carbocycles. The summed E-state index contributed by atoms with van der Waals surface area (Å²) >= 11 is 6.05. The molecular formula is C17H18ClN5O. The van der Waals surface area contributed by atoms with Gasteiger partial charge in [0.1, 0.15) is 17.8 Å². The highest BCUT2D eigenvalue weighted by Crippen LogP contribution is 2.25. The monoisotopic (exact) mass is 343 g/mol. The van der Waals surface area contributed by atoms with Crippen molar-refractivity contribution in [2.24, 2.45) is 0 Å². The van der Waals surface area contributed by atoms with Crippen molar-refractivity contribution in [1.29, 1.82) is 0 Å². The normalized spacial score (nSPS) is 15.7. The number of aromatic amines is 1. The van der Waals surface area contributed by atoms with Crippen LogP contribution in [0.3, 0.4) is 0 Å². The molecule has 1 aliphatic heterocycles. The molecule has 0 bridgehead atoms. The number of anilines is 2. The summed E-state index contributed by atoms with van der Waals surface area (Å²) in [5.41, 5.74) is 2.86. The van der Waals surface area contributed by atoms with Gasteiger partial charge in [-0.25, -0.2) is 9.97 Å². The van der Waals surface area contributed by atoms with Crippen molar-refractivity contribution in [3.63, 3.8) is 0 Å². The van der Waals surface area contributed by atoms with E-state index in [4.69, 9.17) is 16.3 Å². The first kappa shape index (κ1) is 15.4. The first-order chi connectivity index (χ1) is 11.8. The van der Waals surface area contributed by atoms with Gasteiger partial charge in [-0.2, -0.15) is 0 Å². The Morgan fingerprint density at radius 3 is 2.92 bits per heavy atom. The van der Waals surface area contributed by atoms with Gasteiger partial charge in [-0.05, 0) is 24.3 Å². The molecule has 7 heteroatoms. The number of ether oxygens (including phenoxy) is 1. The summed E-state index contributed by atoms with van der Waals surface area (Å²) in [4.78, 5) is 14.5. The maximum Gasteiger partial charge on any atom is 0.143 e. The van der Waals surface area contributed by atoms with Crippen molar-refractivity contribution in [3.8, 4) is 0 Å². The molecular weight excluding hydrogens is 326 g/mol. The van der Waals surface area contributed by atoms with Crippen molar-refractivity contribution in [1.82, 2.24) is 19.9 Å². The Labute approximate surface area is 144 Å². The largest absolute Gasteiger partial charge is 0.379 e. The third-order valence-corrected chi connectivity index (χ3v) is 4.30. The molecule has 0 amide bonds. The molecule has 1 fully saturated rings. The Kier molecular flexibility index (Phi) is 4.34. The highest BCUT2D eigenvalue weighted by molar-refractivity contribution is 6.30. The van der Waals surface area contributed by atoms with Gasteiger partial charge in [-0.1, -0.05) is 17.7 Å². The summed E-state index contributed by atoms with van der Waals surface area (Å²) in [6.45, 7) is 4.35. The highest BCUT2D eigenvalue weighted by atomic mass is 35.5. The van der Waals surface area contributed by atoms with E-state index >= 15 is 0 Å². The van der Waals surface area contributed by atoms with Gasteiger partial charge in [0, 0.05) is 36.0 Å². The van der Waals surface area contributed by atoms with Crippen molar-refractivity contribution in [3.05, 3.63) is 47.4 Å². The highest BCUT2D eigenvalue weighted by Gasteiger charge is 2.14. The van der Waals surface area contributed by atoms with E-state index in [1.165, 1.54) is 0 Å². The summed E-state index contributed by atoms with van der Waals surface area (Å²) < 4.78 is 5.40. The van der Waals surface area contributed by atoms with E-state index in [-0.39, 0.29) is 0 Å². The lowest BCUT2D eigenvalue weighted by molar-refractivity contribution is 0.0337. The van der Waals surface area contributed by atoms with Gasteiger partial charge in [-0.3, -0.25) is 4.90 Å². The Morgan fingerprint density at radius 2 is 2.08 bits per heavy atom. The lowest BCUT2D eigenvalue weighted by Crippen LogP contribution is -2.35. The summed E-state index contributed by atoms with van der Waals surface area (Å²) in [6, 6.07) is 9.69.